The van der Waals surface area contributed by atoms with Crippen LogP contribution in [0.5, 0.6) is 0 Å². The summed E-state index contributed by atoms with van der Waals surface area (Å²) >= 11 is 0. The van der Waals surface area contributed by atoms with Crippen molar-refractivity contribution in [2.45, 2.75) is 25.8 Å². The molecule has 1 aromatic heterocycles. The fourth-order valence-corrected chi connectivity index (χ4v) is 1.43. The highest BCUT2D eigenvalue weighted by atomic mass is 16.4. The largest absolute Gasteiger partial charge is 0.480 e. The number of pyridine rings is 1. The summed E-state index contributed by atoms with van der Waals surface area (Å²) in [5.74, 6) is -2.19. The number of carboxylic acid groups (broad SMARTS) is 2. The van der Waals surface area contributed by atoms with Gasteiger partial charge in [0.05, 0.1) is 5.69 Å². The quantitative estimate of drug-likeness (QED) is 0.693. The third-order valence-corrected chi connectivity index (χ3v) is 2.22. The molecule has 0 aromatic carbocycles. The molecule has 17 heavy (non-hydrogen) atoms. The van der Waals surface area contributed by atoms with Crippen molar-refractivity contribution >= 4 is 17.6 Å². The molecule has 1 unspecified atom stereocenters. The molecular formula is C11H14N2O4. The van der Waals surface area contributed by atoms with E-state index < -0.39 is 18.0 Å². The Morgan fingerprint density at radius 2 is 2.18 bits per heavy atom. The summed E-state index contributed by atoms with van der Waals surface area (Å²) in [6.07, 6.45) is 2.46. The van der Waals surface area contributed by atoms with Crippen LogP contribution in [-0.2, 0) is 4.79 Å². The average molecular weight is 238 g/mol. The second-order valence-electron chi connectivity index (χ2n) is 3.53. The Morgan fingerprint density at radius 1 is 1.47 bits per heavy atom. The van der Waals surface area contributed by atoms with E-state index in [1.54, 1.807) is 6.07 Å². The lowest BCUT2D eigenvalue weighted by Crippen LogP contribution is -2.29. The molecule has 6 heteroatoms. The van der Waals surface area contributed by atoms with E-state index >= 15 is 0 Å². The standard InChI is InChI=1S/C11H14N2O4/c1-2-4-8(10(14)15)13-7-5-3-6-12-9(7)11(16)17/h3,5-6,8,13H,2,4H2,1H3,(H,14,15)(H,16,17). The summed E-state index contributed by atoms with van der Waals surface area (Å²) in [6, 6.07) is 2.25. The molecule has 0 spiro atoms. The van der Waals surface area contributed by atoms with E-state index in [4.69, 9.17) is 10.2 Å². The van der Waals surface area contributed by atoms with E-state index in [1.807, 2.05) is 6.92 Å². The van der Waals surface area contributed by atoms with E-state index in [0.717, 1.165) is 0 Å². The van der Waals surface area contributed by atoms with Crippen molar-refractivity contribution in [3.8, 4) is 0 Å². The predicted molar refractivity (Wildman–Crippen MR) is 61.2 cm³/mol. The minimum absolute atomic E-state index is 0.171. The lowest BCUT2D eigenvalue weighted by atomic mass is 10.1. The maximum Gasteiger partial charge on any atom is 0.356 e. The van der Waals surface area contributed by atoms with Crippen LogP contribution in [0.4, 0.5) is 5.69 Å². The molecule has 0 radical (unpaired) electrons. The number of carbonyl (C=O) groups is 2. The van der Waals surface area contributed by atoms with Crippen molar-refractivity contribution in [2.24, 2.45) is 0 Å². The van der Waals surface area contributed by atoms with Crippen LogP contribution < -0.4 is 5.32 Å². The first kappa shape index (κ1) is 13.0. The van der Waals surface area contributed by atoms with Gasteiger partial charge in [-0.25, -0.2) is 14.6 Å². The van der Waals surface area contributed by atoms with E-state index in [9.17, 15) is 9.59 Å². The van der Waals surface area contributed by atoms with Gasteiger partial charge in [0.2, 0.25) is 0 Å². The van der Waals surface area contributed by atoms with Gasteiger partial charge in [0.1, 0.15) is 6.04 Å². The number of hydrogen-bond acceptors (Lipinski definition) is 4. The SMILES string of the molecule is CCCC(Nc1cccnc1C(=O)O)C(=O)O. The Morgan fingerprint density at radius 3 is 2.71 bits per heavy atom. The van der Waals surface area contributed by atoms with Gasteiger partial charge in [-0.3, -0.25) is 0 Å². The molecule has 6 nitrogen and oxygen atoms in total. The maximum atomic E-state index is 10.9. The first-order valence-corrected chi connectivity index (χ1v) is 5.24. The summed E-state index contributed by atoms with van der Waals surface area (Å²) in [6.45, 7) is 1.86. The summed E-state index contributed by atoms with van der Waals surface area (Å²) in [4.78, 5) is 25.5. The number of rotatable bonds is 6. The van der Waals surface area contributed by atoms with Gasteiger partial charge >= 0.3 is 11.9 Å². The molecule has 0 aliphatic carbocycles. The number of anilines is 1. The van der Waals surface area contributed by atoms with Crippen LogP contribution in [-0.4, -0.2) is 33.2 Å². The monoisotopic (exact) mass is 238 g/mol. The fraction of sp³-hybridized carbons (Fsp3) is 0.364. The van der Waals surface area contributed by atoms with Gasteiger partial charge in [0.15, 0.2) is 5.69 Å². The van der Waals surface area contributed by atoms with E-state index in [0.29, 0.717) is 12.8 Å². The van der Waals surface area contributed by atoms with Gasteiger partial charge in [-0.2, -0.15) is 0 Å². The summed E-state index contributed by atoms with van der Waals surface area (Å²) < 4.78 is 0. The molecule has 92 valence electrons. The number of carboxylic acids is 2. The highest BCUT2D eigenvalue weighted by Crippen LogP contribution is 2.15. The summed E-state index contributed by atoms with van der Waals surface area (Å²) in [5, 5.41) is 20.5. The van der Waals surface area contributed by atoms with Crippen molar-refractivity contribution in [1.29, 1.82) is 0 Å². The smallest absolute Gasteiger partial charge is 0.356 e. The predicted octanol–water partition coefficient (Wildman–Crippen LogP) is 1.45. The fourth-order valence-electron chi connectivity index (χ4n) is 1.43. The number of nitrogens with zero attached hydrogens (tertiary/aromatic N) is 1. The zero-order chi connectivity index (χ0) is 12.8. The number of aromatic carboxylic acids is 1. The van der Waals surface area contributed by atoms with Crippen LogP contribution >= 0.6 is 0 Å². The second-order valence-corrected chi connectivity index (χ2v) is 3.53. The molecule has 1 atom stereocenters. The van der Waals surface area contributed by atoms with Crippen molar-refractivity contribution in [1.82, 2.24) is 4.98 Å². The third kappa shape index (κ3) is 3.44. The van der Waals surface area contributed by atoms with Crippen LogP contribution in [0.15, 0.2) is 18.3 Å². The molecule has 1 heterocycles. The lowest BCUT2D eigenvalue weighted by molar-refractivity contribution is -0.138. The Hall–Kier alpha value is -2.11. The van der Waals surface area contributed by atoms with Crippen LogP contribution in [0.2, 0.25) is 0 Å². The van der Waals surface area contributed by atoms with Crippen molar-refractivity contribution in [2.75, 3.05) is 5.32 Å². The summed E-state index contributed by atoms with van der Waals surface area (Å²) in [7, 11) is 0. The van der Waals surface area contributed by atoms with Gasteiger partial charge in [0, 0.05) is 6.20 Å². The average Bonchev–Trinajstić information content (AvgIpc) is 2.28. The number of aromatic nitrogens is 1. The molecule has 3 N–H and O–H groups in total. The van der Waals surface area contributed by atoms with Gasteiger partial charge in [0.25, 0.3) is 0 Å². The molecule has 0 aliphatic heterocycles. The number of aliphatic carboxylic acids is 1. The first-order valence-electron chi connectivity index (χ1n) is 5.24. The van der Waals surface area contributed by atoms with Crippen LogP contribution in [0.1, 0.15) is 30.3 Å². The van der Waals surface area contributed by atoms with E-state index in [1.165, 1.54) is 12.3 Å². The minimum atomic E-state index is -1.19. The highest BCUT2D eigenvalue weighted by molar-refractivity contribution is 5.92. The molecule has 0 saturated heterocycles. The molecule has 0 bridgehead atoms. The van der Waals surface area contributed by atoms with Crippen molar-refractivity contribution < 1.29 is 19.8 Å². The number of hydrogen-bond donors (Lipinski definition) is 3. The molecule has 0 saturated carbocycles. The Kier molecular flexibility index (Phi) is 4.45. The van der Waals surface area contributed by atoms with Crippen molar-refractivity contribution in [3.05, 3.63) is 24.0 Å². The molecule has 1 aromatic rings. The van der Waals surface area contributed by atoms with Crippen molar-refractivity contribution in [3.63, 3.8) is 0 Å². The van der Waals surface area contributed by atoms with Crippen LogP contribution in [0.3, 0.4) is 0 Å². The molecular weight excluding hydrogens is 224 g/mol. The zero-order valence-corrected chi connectivity index (χ0v) is 9.38. The lowest BCUT2D eigenvalue weighted by Gasteiger charge is -2.15. The van der Waals surface area contributed by atoms with Gasteiger partial charge in [-0.15, -0.1) is 0 Å². The molecule has 0 fully saturated rings. The van der Waals surface area contributed by atoms with E-state index in [2.05, 4.69) is 10.3 Å². The third-order valence-electron chi connectivity index (χ3n) is 2.22. The van der Waals surface area contributed by atoms with Crippen LogP contribution in [0.25, 0.3) is 0 Å². The Labute approximate surface area is 98.3 Å². The Bertz CT molecular complexity index is 420. The Balaban J connectivity index is 2.92. The first-order chi connectivity index (χ1) is 8.06. The van der Waals surface area contributed by atoms with E-state index in [-0.39, 0.29) is 11.4 Å². The molecule has 0 aliphatic rings. The van der Waals surface area contributed by atoms with Gasteiger partial charge < -0.3 is 15.5 Å². The van der Waals surface area contributed by atoms with Gasteiger partial charge in [-0.1, -0.05) is 13.3 Å². The highest BCUT2D eigenvalue weighted by Gasteiger charge is 2.19. The van der Waals surface area contributed by atoms with Crippen LogP contribution in [0, 0.1) is 0 Å². The topological polar surface area (TPSA) is 99.5 Å². The minimum Gasteiger partial charge on any atom is -0.480 e. The maximum absolute atomic E-state index is 10.9. The molecule has 0 amide bonds. The second kappa shape index (κ2) is 5.83. The normalized spacial score (nSPS) is 11.8. The summed E-state index contributed by atoms with van der Waals surface area (Å²) in [5.41, 5.74) is 0.0516. The van der Waals surface area contributed by atoms with Gasteiger partial charge in [-0.05, 0) is 18.6 Å². The zero-order valence-electron chi connectivity index (χ0n) is 9.38. The number of nitrogens with one attached hydrogen (secondary N) is 1. The molecule has 1 rings (SSSR count).